The molecule has 54 heavy (non-hydrogen) atoms. The predicted molar refractivity (Wildman–Crippen MR) is 221 cm³/mol. The fraction of sp³-hybridized carbons (Fsp3) is 0.478. The molecule has 0 fully saturated rings. The molecule has 0 saturated carbocycles. The Bertz CT molecular complexity index is 2040. The minimum atomic E-state index is -0.100. The third kappa shape index (κ3) is 6.88. The molecule has 0 amide bonds. The van der Waals surface area contributed by atoms with Crippen molar-refractivity contribution in [1.29, 1.82) is 0 Å². The molecule has 0 saturated heterocycles. The van der Waals surface area contributed by atoms with E-state index >= 15 is 0 Å². The second kappa shape index (κ2) is 13.5. The van der Waals surface area contributed by atoms with Crippen LogP contribution in [0.2, 0.25) is 0 Å². The molecule has 0 bridgehead atoms. The number of para-hydroxylation sites is 2. The normalized spacial score (nSPS) is 22.0. The Balaban J connectivity index is 0.000000167. The van der Waals surface area contributed by atoms with Gasteiger partial charge in [-0.1, -0.05) is 95.4 Å². The van der Waals surface area contributed by atoms with Crippen molar-refractivity contribution in [2.75, 3.05) is 9.80 Å². The molecule has 0 N–H and O–H groups in total. The van der Waals surface area contributed by atoms with Crippen molar-refractivity contribution < 1.29 is 0 Å². The summed E-state index contributed by atoms with van der Waals surface area (Å²) < 4.78 is 0. The zero-order valence-corrected chi connectivity index (χ0v) is 34.5. The van der Waals surface area contributed by atoms with Gasteiger partial charge in [0.25, 0.3) is 0 Å². The average Bonchev–Trinajstić information content (AvgIpc) is 3.74. The van der Waals surface area contributed by atoms with E-state index in [-0.39, 0.29) is 46.3 Å². The number of rotatable bonds is 0. The molecule has 4 aromatic carbocycles. The van der Waals surface area contributed by atoms with Crippen LogP contribution in [0.15, 0.2) is 118 Å². The quantitative estimate of drug-likeness (QED) is 0.181. The second-order valence-corrected chi connectivity index (χ2v) is 19.2. The first-order valence-electron chi connectivity index (χ1n) is 19.6. The predicted octanol–water partition coefficient (Wildman–Crippen LogP) is 12.1. The first-order valence-corrected chi connectivity index (χ1v) is 19.6. The molecule has 4 aromatic rings. The summed E-state index contributed by atoms with van der Waals surface area (Å²) in [5, 5.41) is 23.3. The van der Waals surface area contributed by atoms with E-state index in [1.807, 2.05) is 0 Å². The lowest BCUT2D eigenvalue weighted by Crippen LogP contribution is -2.45. The fourth-order valence-corrected chi connectivity index (χ4v) is 8.51. The smallest absolute Gasteiger partial charge is 0.126 e. The Morgan fingerprint density at radius 1 is 0.407 bits per heavy atom. The van der Waals surface area contributed by atoms with Crippen LogP contribution in [0.1, 0.15) is 141 Å². The molecular weight excluding hydrogens is 665 g/mol. The van der Waals surface area contributed by atoms with Crippen molar-refractivity contribution in [3.8, 4) is 0 Å². The van der Waals surface area contributed by atoms with Gasteiger partial charge in [0.1, 0.15) is 24.2 Å². The Kier molecular flexibility index (Phi) is 9.43. The number of nitrogens with zero attached hydrogens (tertiary/aromatic N) is 8. The van der Waals surface area contributed by atoms with Crippen LogP contribution in [-0.2, 0) is 13.1 Å². The fourth-order valence-electron chi connectivity index (χ4n) is 8.51. The van der Waals surface area contributed by atoms with Crippen LogP contribution in [0.3, 0.4) is 0 Å². The van der Waals surface area contributed by atoms with Crippen LogP contribution < -0.4 is 9.80 Å². The molecule has 0 spiro atoms. The maximum atomic E-state index is 4.79. The van der Waals surface area contributed by atoms with E-state index in [0.717, 1.165) is 13.1 Å². The average molecular weight is 725 g/mol. The largest absolute Gasteiger partial charge is 0.362 e. The third-order valence-corrected chi connectivity index (χ3v) is 11.2. The number of hydrogen-bond donors (Lipinski definition) is 0. The molecule has 4 aliphatic heterocycles. The van der Waals surface area contributed by atoms with Crippen LogP contribution in [0, 0.1) is 0 Å². The van der Waals surface area contributed by atoms with E-state index in [1.54, 1.807) is 0 Å². The monoisotopic (exact) mass is 724 g/mol. The highest BCUT2D eigenvalue weighted by Crippen LogP contribution is 2.52. The van der Waals surface area contributed by atoms with Crippen LogP contribution in [-0.4, -0.2) is 32.2 Å². The Labute approximate surface area is 323 Å². The number of anilines is 2. The van der Waals surface area contributed by atoms with E-state index in [9.17, 15) is 0 Å². The van der Waals surface area contributed by atoms with Crippen molar-refractivity contribution in [3.05, 3.63) is 130 Å². The molecular formula is C46H60N8. The first-order chi connectivity index (χ1) is 25.4. The molecule has 0 radical (unpaired) electrons. The van der Waals surface area contributed by atoms with Gasteiger partial charge < -0.3 is 9.80 Å². The highest BCUT2D eigenvalue weighted by atomic mass is 15.6. The number of benzene rings is 4. The Morgan fingerprint density at radius 3 is 1.24 bits per heavy atom. The summed E-state index contributed by atoms with van der Waals surface area (Å²) >= 11 is 0. The van der Waals surface area contributed by atoms with Crippen LogP contribution in [0.25, 0.3) is 0 Å². The summed E-state index contributed by atoms with van der Waals surface area (Å²) in [6.07, 6.45) is 0. The number of fused-ring (bicyclic) bond motifs is 10. The van der Waals surface area contributed by atoms with Gasteiger partial charge in [0.2, 0.25) is 0 Å². The maximum absolute atomic E-state index is 4.79. The van der Waals surface area contributed by atoms with E-state index < -0.39 is 0 Å². The molecule has 0 aromatic heterocycles. The Hall–Kier alpha value is -4.72. The standard InChI is InChI=1S/2C23H30N4/c1-22(2,3)26-15-16-11-7-8-12-17(16)21-20(18-13-9-10-14-19(18)26)24-25-27(21)23(4,5)6;1-22(2,3)26-15-16-11-7-8-12-17(16)20-21(18-13-9-10-14-19(18)26)27(25-24-20)23(4,5)6/h2*7-14,20-21H,15H2,1-6H3. The molecule has 4 atom stereocenters. The summed E-state index contributed by atoms with van der Waals surface area (Å²) in [6.45, 7) is 28.7. The summed E-state index contributed by atoms with van der Waals surface area (Å²) in [7, 11) is 0. The summed E-state index contributed by atoms with van der Waals surface area (Å²) in [5.74, 6) is 0. The van der Waals surface area contributed by atoms with Crippen molar-refractivity contribution >= 4 is 11.4 Å². The van der Waals surface area contributed by atoms with Crippen LogP contribution in [0.4, 0.5) is 11.4 Å². The summed E-state index contributed by atoms with van der Waals surface area (Å²) in [6, 6.07) is 35.3. The lowest BCUT2D eigenvalue weighted by atomic mass is 9.85. The molecule has 284 valence electrons. The van der Waals surface area contributed by atoms with Gasteiger partial charge in [0.15, 0.2) is 0 Å². The minimum absolute atomic E-state index is 0.00623. The molecule has 8 nitrogen and oxygen atoms in total. The van der Waals surface area contributed by atoms with Gasteiger partial charge in [0.05, 0.1) is 11.1 Å². The van der Waals surface area contributed by atoms with Gasteiger partial charge in [-0.25, -0.2) is 0 Å². The molecule has 0 aliphatic carbocycles. The highest BCUT2D eigenvalue weighted by Gasteiger charge is 2.46. The van der Waals surface area contributed by atoms with E-state index in [4.69, 9.17) is 10.2 Å². The summed E-state index contributed by atoms with van der Waals surface area (Å²) in [4.78, 5) is 5.03. The topological polar surface area (TPSA) is 62.4 Å². The van der Waals surface area contributed by atoms with Gasteiger partial charge in [-0.15, -0.1) is 0 Å². The molecule has 8 rings (SSSR count). The summed E-state index contributed by atoms with van der Waals surface area (Å²) in [5.41, 5.74) is 10.3. The lowest BCUT2D eigenvalue weighted by Gasteiger charge is -2.44. The maximum Gasteiger partial charge on any atom is 0.126 e. The van der Waals surface area contributed by atoms with Gasteiger partial charge in [-0.05, 0) is 117 Å². The molecule has 8 heteroatoms. The SMILES string of the molecule is CC(C)(C)N1Cc2ccccc2C2C(N=NN2C(C)(C)C)c2ccccc21.CC(C)(C)N1Cc2ccccc2C2N=NN(C(C)(C)C)C2c2ccccc21. The number of hydrogen-bond acceptors (Lipinski definition) is 8. The zero-order chi connectivity index (χ0) is 38.8. The van der Waals surface area contributed by atoms with Crippen LogP contribution >= 0.6 is 0 Å². The minimum Gasteiger partial charge on any atom is -0.362 e. The molecule has 4 heterocycles. The van der Waals surface area contributed by atoms with Crippen LogP contribution in [0.5, 0.6) is 0 Å². The van der Waals surface area contributed by atoms with Gasteiger partial charge in [-0.2, -0.15) is 10.2 Å². The second-order valence-electron chi connectivity index (χ2n) is 19.2. The van der Waals surface area contributed by atoms with Gasteiger partial charge in [0, 0.05) is 46.7 Å². The highest BCUT2D eigenvalue weighted by molar-refractivity contribution is 5.61. The third-order valence-electron chi connectivity index (χ3n) is 11.2. The lowest BCUT2D eigenvalue weighted by molar-refractivity contribution is 0.0964. The van der Waals surface area contributed by atoms with Crippen molar-refractivity contribution in [3.63, 3.8) is 0 Å². The van der Waals surface area contributed by atoms with Gasteiger partial charge in [-0.3, -0.25) is 10.0 Å². The van der Waals surface area contributed by atoms with Crippen molar-refractivity contribution in [1.82, 2.24) is 10.0 Å². The molecule has 4 unspecified atom stereocenters. The molecule has 4 aliphatic rings. The zero-order valence-electron chi connectivity index (χ0n) is 34.5. The van der Waals surface area contributed by atoms with E-state index in [0.29, 0.717) is 0 Å². The van der Waals surface area contributed by atoms with Gasteiger partial charge >= 0.3 is 0 Å². The van der Waals surface area contributed by atoms with Crippen molar-refractivity contribution in [2.45, 2.75) is 142 Å². The van der Waals surface area contributed by atoms with Crippen molar-refractivity contribution in [2.24, 2.45) is 20.7 Å². The van der Waals surface area contributed by atoms with E-state index in [2.05, 4.69) is 210 Å². The Morgan fingerprint density at radius 2 is 0.759 bits per heavy atom. The first kappa shape index (κ1) is 37.6. The van der Waals surface area contributed by atoms with E-state index in [1.165, 1.54) is 44.8 Å².